The standard InChI is InChI=1S/C46H67N11O16/c1-22(2)16-26(47)38(64)50-28(12-13-35(48)61)39(65)51-29(17-24-19-49-27-9-5-4-8-25(24)27)40(66)53-32(21-59)42(68)54-31(20-58)41(67)52-30(18-36(62)63)44(70)57-15-7-11-34(57)45(71)56-14-6-10-33(56)43(69)55-37(23(3)60)46(72)73/h4-5,8-9,19,22-23,26,28-34,37,49,58-60H,6-7,10-18,20-21,47H2,1-3H3,(H2,48,61)(H,50,64)(H,51,65)(H,52,67)(H,53,66)(H,54,68)(H,55,69)(H,62,63)(H,72,73)/t23-,26+,28+,29+,30+,31+,32+,33+,34+,37+/m1/s1. The average molecular weight is 1030 g/mol. The highest BCUT2D eigenvalue weighted by molar-refractivity contribution is 5.99. The van der Waals surface area contributed by atoms with Crippen molar-refractivity contribution in [1.29, 1.82) is 0 Å². The van der Waals surface area contributed by atoms with Crippen LogP contribution in [0.15, 0.2) is 30.5 Å². The number of carbonyl (C=O) groups is 11. The molecule has 27 heteroatoms. The molecule has 0 radical (unpaired) electrons. The Bertz CT molecular complexity index is 2360. The number of aliphatic hydroxyl groups excluding tert-OH is 3. The van der Waals surface area contributed by atoms with Crippen molar-refractivity contribution in [2.75, 3.05) is 26.3 Å². The number of H-pyrrole nitrogens is 1. The lowest BCUT2D eigenvalue weighted by Crippen LogP contribution is -2.61. The Labute approximate surface area is 418 Å². The van der Waals surface area contributed by atoms with Crippen molar-refractivity contribution in [3.8, 4) is 0 Å². The van der Waals surface area contributed by atoms with E-state index in [1.807, 2.05) is 13.8 Å². The largest absolute Gasteiger partial charge is 0.481 e. The Hall–Kier alpha value is -7.23. The monoisotopic (exact) mass is 1030 g/mol. The maximum atomic E-state index is 14.1. The second-order valence-electron chi connectivity index (χ2n) is 18.5. The molecule has 2 saturated heterocycles. The van der Waals surface area contributed by atoms with Gasteiger partial charge in [0, 0.05) is 43.0 Å². The van der Waals surface area contributed by atoms with E-state index in [2.05, 4.69) is 36.9 Å². The molecule has 2 fully saturated rings. The number of benzene rings is 1. The Morgan fingerprint density at radius 1 is 0.712 bits per heavy atom. The number of amides is 9. The second kappa shape index (κ2) is 27.0. The van der Waals surface area contributed by atoms with Crippen molar-refractivity contribution in [2.24, 2.45) is 17.4 Å². The van der Waals surface area contributed by atoms with Crippen molar-refractivity contribution >= 4 is 76.0 Å². The third-order valence-electron chi connectivity index (χ3n) is 12.4. The van der Waals surface area contributed by atoms with Gasteiger partial charge in [0.1, 0.15) is 42.3 Å². The summed E-state index contributed by atoms with van der Waals surface area (Å²) >= 11 is 0. The molecule has 3 heterocycles. The van der Waals surface area contributed by atoms with Gasteiger partial charge in [0.05, 0.1) is 31.8 Å². The fourth-order valence-electron chi connectivity index (χ4n) is 8.65. The minimum Gasteiger partial charge on any atom is -0.481 e. The van der Waals surface area contributed by atoms with Crippen LogP contribution in [0.2, 0.25) is 0 Å². The number of carbonyl (C=O) groups excluding carboxylic acids is 9. The maximum absolute atomic E-state index is 14.1. The van der Waals surface area contributed by atoms with Crippen LogP contribution >= 0.6 is 0 Å². The van der Waals surface area contributed by atoms with Crippen LogP contribution < -0.4 is 43.4 Å². The summed E-state index contributed by atoms with van der Waals surface area (Å²) in [5, 5.41) is 64.2. The van der Waals surface area contributed by atoms with Gasteiger partial charge in [0.25, 0.3) is 0 Å². The van der Waals surface area contributed by atoms with Crippen LogP contribution in [-0.2, 0) is 59.2 Å². The Kier molecular flexibility index (Phi) is 21.6. The number of likely N-dealkylation sites (tertiary alicyclic amines) is 2. The lowest BCUT2D eigenvalue weighted by Gasteiger charge is -2.33. The highest BCUT2D eigenvalue weighted by atomic mass is 16.4. The molecule has 10 atom stereocenters. The number of nitrogens with two attached hydrogens (primary N) is 2. The summed E-state index contributed by atoms with van der Waals surface area (Å²) in [5.74, 6) is -11.7. The zero-order valence-corrected chi connectivity index (χ0v) is 40.7. The van der Waals surface area contributed by atoms with Gasteiger partial charge in [-0.05, 0) is 63.0 Å². The van der Waals surface area contributed by atoms with Crippen molar-refractivity contribution in [1.82, 2.24) is 46.7 Å². The van der Waals surface area contributed by atoms with E-state index in [1.54, 1.807) is 30.5 Å². The summed E-state index contributed by atoms with van der Waals surface area (Å²) in [5.41, 5.74) is 12.6. The lowest BCUT2D eigenvalue weighted by molar-refractivity contribution is -0.150. The number of hydrogen-bond acceptors (Lipinski definition) is 15. The molecule has 4 rings (SSSR count). The first-order valence-corrected chi connectivity index (χ1v) is 23.8. The first-order chi connectivity index (χ1) is 34.5. The van der Waals surface area contributed by atoms with Gasteiger partial charge < -0.3 is 83.7 Å². The number of nitrogens with zero attached hydrogens (tertiary/aromatic N) is 2. The number of aromatic amines is 1. The summed E-state index contributed by atoms with van der Waals surface area (Å²) in [7, 11) is 0. The highest BCUT2D eigenvalue weighted by Gasteiger charge is 2.45. The number of carboxylic acid groups (broad SMARTS) is 2. The van der Waals surface area contributed by atoms with Crippen LogP contribution in [0.4, 0.5) is 0 Å². The number of rotatable bonds is 27. The molecule has 0 bridgehead atoms. The van der Waals surface area contributed by atoms with Gasteiger partial charge in [-0.1, -0.05) is 32.0 Å². The molecule has 27 nitrogen and oxygen atoms in total. The normalized spacial score (nSPS) is 18.8. The van der Waals surface area contributed by atoms with Crippen molar-refractivity contribution in [2.45, 2.75) is 139 Å². The average Bonchev–Trinajstić information content (AvgIpc) is 4.12. The van der Waals surface area contributed by atoms with Crippen molar-refractivity contribution in [3.63, 3.8) is 0 Å². The van der Waals surface area contributed by atoms with Crippen LogP contribution in [0.25, 0.3) is 10.9 Å². The Morgan fingerprint density at radius 3 is 1.81 bits per heavy atom. The van der Waals surface area contributed by atoms with E-state index in [1.165, 1.54) is 0 Å². The molecule has 73 heavy (non-hydrogen) atoms. The fourth-order valence-corrected chi connectivity index (χ4v) is 8.65. The number of carboxylic acids is 2. The van der Waals surface area contributed by atoms with Crippen LogP contribution in [0.5, 0.6) is 0 Å². The smallest absolute Gasteiger partial charge is 0.328 e. The van der Waals surface area contributed by atoms with Gasteiger partial charge >= 0.3 is 11.9 Å². The number of aliphatic carboxylic acids is 2. The van der Waals surface area contributed by atoms with E-state index in [0.29, 0.717) is 22.9 Å². The number of primary amides is 1. The summed E-state index contributed by atoms with van der Waals surface area (Å²) in [6.07, 6.45) is -0.754. The minimum atomic E-state index is -1.93. The molecule has 0 unspecified atom stereocenters. The highest BCUT2D eigenvalue weighted by Crippen LogP contribution is 2.26. The van der Waals surface area contributed by atoms with E-state index in [-0.39, 0.29) is 64.0 Å². The molecule has 0 saturated carbocycles. The minimum absolute atomic E-state index is 0.00761. The van der Waals surface area contributed by atoms with Gasteiger partial charge in [0.15, 0.2) is 6.04 Å². The summed E-state index contributed by atoms with van der Waals surface area (Å²) in [6, 6.07) is -6.77. The molecule has 0 aliphatic carbocycles. The molecule has 1 aromatic carbocycles. The van der Waals surface area contributed by atoms with Crippen LogP contribution in [0.1, 0.15) is 77.7 Å². The number of aromatic nitrogens is 1. The molecule has 1 aromatic heterocycles. The molecule has 2 aromatic rings. The van der Waals surface area contributed by atoms with Crippen LogP contribution in [0.3, 0.4) is 0 Å². The molecule has 402 valence electrons. The number of aliphatic hydroxyl groups is 3. The van der Waals surface area contributed by atoms with E-state index in [9.17, 15) is 78.3 Å². The van der Waals surface area contributed by atoms with E-state index in [0.717, 1.165) is 16.7 Å². The SMILES string of the molecule is CC(C)C[C@H](N)C(=O)N[C@@H](CCC(N)=O)C(=O)N[C@@H](Cc1c[nH]c2ccccc12)C(=O)N[C@@H](CO)C(=O)N[C@@H](CO)C(=O)N[C@@H](CC(=O)O)C(=O)N1CCC[C@H]1C(=O)N1CCC[C@H]1C(=O)N[C@H](C(=O)O)[C@@H](C)O. The lowest BCUT2D eigenvalue weighted by atomic mass is 10.0. The van der Waals surface area contributed by atoms with Gasteiger partial charge in [-0.2, -0.15) is 0 Å². The van der Waals surface area contributed by atoms with Gasteiger partial charge in [0.2, 0.25) is 53.2 Å². The number of nitrogens with one attached hydrogen (secondary N) is 7. The molecule has 0 spiro atoms. The molecule has 2 aliphatic heterocycles. The van der Waals surface area contributed by atoms with Crippen molar-refractivity contribution in [3.05, 3.63) is 36.0 Å². The number of fused-ring (bicyclic) bond motifs is 1. The van der Waals surface area contributed by atoms with Crippen molar-refractivity contribution < 1.29 is 78.3 Å². The summed E-state index contributed by atoms with van der Waals surface area (Å²) < 4.78 is 0. The Morgan fingerprint density at radius 2 is 1.25 bits per heavy atom. The quantitative estimate of drug-likeness (QED) is 0.0399. The molecule has 9 amide bonds. The zero-order valence-electron chi connectivity index (χ0n) is 40.7. The molecule has 16 N–H and O–H groups in total. The molecular formula is C46H67N11O16. The molecule has 2 aliphatic rings. The van der Waals surface area contributed by atoms with E-state index >= 15 is 0 Å². The number of para-hydroxylation sites is 1. The first kappa shape index (κ1) is 58.3. The predicted molar refractivity (Wildman–Crippen MR) is 255 cm³/mol. The second-order valence-corrected chi connectivity index (χ2v) is 18.5. The van der Waals surface area contributed by atoms with Gasteiger partial charge in [-0.25, -0.2) is 4.79 Å². The topological polar surface area (TPSA) is 435 Å². The zero-order chi connectivity index (χ0) is 54.3. The predicted octanol–water partition coefficient (Wildman–Crippen LogP) is -4.84. The van der Waals surface area contributed by atoms with E-state index < -0.39 is 145 Å². The van der Waals surface area contributed by atoms with Gasteiger partial charge in [-0.3, -0.25) is 47.9 Å². The van der Waals surface area contributed by atoms with Crippen LogP contribution in [0, 0.1) is 5.92 Å². The third-order valence-corrected chi connectivity index (χ3v) is 12.4. The maximum Gasteiger partial charge on any atom is 0.328 e. The molecular weight excluding hydrogens is 963 g/mol. The van der Waals surface area contributed by atoms with Crippen LogP contribution in [-0.4, -0.2) is 192 Å². The summed E-state index contributed by atoms with van der Waals surface area (Å²) in [6.45, 7) is 2.53. The fraction of sp³-hybridized carbons (Fsp3) is 0.587. The van der Waals surface area contributed by atoms with E-state index in [4.69, 9.17) is 11.5 Å². The Balaban J connectivity index is 1.50. The summed E-state index contributed by atoms with van der Waals surface area (Å²) in [4.78, 5) is 150. The number of hydrogen-bond donors (Lipinski definition) is 14. The van der Waals surface area contributed by atoms with Gasteiger partial charge in [-0.15, -0.1) is 0 Å². The third kappa shape index (κ3) is 16.1. The first-order valence-electron chi connectivity index (χ1n) is 23.8.